The lowest BCUT2D eigenvalue weighted by Gasteiger charge is -2.28. The Labute approximate surface area is 176 Å². The lowest BCUT2D eigenvalue weighted by Crippen LogP contribution is -2.40. The monoisotopic (exact) mass is 425 g/mol. The third-order valence-corrected chi connectivity index (χ3v) is 5.91. The van der Waals surface area contributed by atoms with Gasteiger partial charge < -0.3 is 29.5 Å². The number of carbonyl (C=O) groups is 1. The highest BCUT2D eigenvalue weighted by molar-refractivity contribution is 7.99. The minimum Gasteiger partial charge on any atom is -0.493 e. The van der Waals surface area contributed by atoms with Crippen molar-refractivity contribution in [3.05, 3.63) is 23.8 Å². The van der Waals surface area contributed by atoms with Gasteiger partial charge in [0.2, 0.25) is 0 Å². The Morgan fingerprint density at radius 1 is 1.28 bits per heavy atom. The third kappa shape index (κ3) is 6.95. The summed E-state index contributed by atoms with van der Waals surface area (Å²) < 4.78 is 16.2. The molecule has 162 valence electrons. The number of nitrogens with zero attached hydrogens (tertiary/aromatic N) is 2. The third-order valence-electron chi connectivity index (χ3n) is 4.96. The van der Waals surface area contributed by atoms with E-state index >= 15 is 0 Å². The average Bonchev–Trinajstić information content (AvgIpc) is 3.15. The average molecular weight is 426 g/mol. The van der Waals surface area contributed by atoms with Crippen molar-refractivity contribution in [2.24, 2.45) is 0 Å². The van der Waals surface area contributed by atoms with Crippen molar-refractivity contribution in [1.29, 1.82) is 0 Å². The highest BCUT2D eigenvalue weighted by Gasteiger charge is 2.20. The summed E-state index contributed by atoms with van der Waals surface area (Å²) in [6, 6.07) is 5.78. The van der Waals surface area contributed by atoms with E-state index in [1.54, 1.807) is 12.0 Å². The second-order valence-corrected chi connectivity index (χ2v) is 8.37. The molecule has 0 radical (unpaired) electrons. The SMILES string of the molecule is COc1cc(CNCCN2CCOC2=O)ccc1OCC(O)CN1CCSCC1. The summed E-state index contributed by atoms with van der Waals surface area (Å²) in [5, 5.41) is 13.6. The molecule has 2 aliphatic heterocycles. The molecule has 0 aliphatic carbocycles. The van der Waals surface area contributed by atoms with Crippen LogP contribution >= 0.6 is 11.8 Å². The van der Waals surface area contributed by atoms with E-state index in [2.05, 4.69) is 10.2 Å². The number of nitrogens with one attached hydrogen (secondary N) is 1. The number of ether oxygens (including phenoxy) is 3. The van der Waals surface area contributed by atoms with E-state index in [-0.39, 0.29) is 12.7 Å². The van der Waals surface area contributed by atoms with Crippen LogP contribution in [-0.2, 0) is 11.3 Å². The van der Waals surface area contributed by atoms with Crippen molar-refractivity contribution in [3.8, 4) is 11.5 Å². The van der Waals surface area contributed by atoms with E-state index in [9.17, 15) is 9.90 Å². The number of hydrogen-bond donors (Lipinski definition) is 2. The first-order valence-electron chi connectivity index (χ1n) is 10.1. The fraction of sp³-hybridized carbons (Fsp3) is 0.650. The van der Waals surface area contributed by atoms with Crippen LogP contribution in [0, 0.1) is 0 Å². The normalized spacial score (nSPS) is 18.6. The number of carbonyl (C=O) groups excluding carboxylic acids is 1. The maximum absolute atomic E-state index is 11.4. The summed E-state index contributed by atoms with van der Waals surface area (Å²) in [6.45, 7) is 6.03. The predicted octanol–water partition coefficient (Wildman–Crippen LogP) is 1.03. The van der Waals surface area contributed by atoms with Gasteiger partial charge in [-0.1, -0.05) is 6.07 Å². The largest absolute Gasteiger partial charge is 0.493 e. The maximum atomic E-state index is 11.4. The van der Waals surface area contributed by atoms with Crippen LogP contribution in [0.3, 0.4) is 0 Å². The van der Waals surface area contributed by atoms with Gasteiger partial charge in [0.25, 0.3) is 0 Å². The molecule has 1 aromatic carbocycles. The van der Waals surface area contributed by atoms with Gasteiger partial charge in [0.05, 0.1) is 13.7 Å². The van der Waals surface area contributed by atoms with Crippen LogP contribution in [0.15, 0.2) is 18.2 Å². The molecule has 2 aliphatic rings. The summed E-state index contributed by atoms with van der Waals surface area (Å²) in [5.41, 5.74) is 1.06. The smallest absolute Gasteiger partial charge is 0.409 e. The van der Waals surface area contributed by atoms with Gasteiger partial charge in [0.15, 0.2) is 11.5 Å². The molecule has 29 heavy (non-hydrogen) atoms. The van der Waals surface area contributed by atoms with E-state index in [1.165, 1.54) is 0 Å². The molecule has 1 amide bonds. The predicted molar refractivity (Wildman–Crippen MR) is 113 cm³/mol. The molecule has 0 aromatic heterocycles. The second kappa shape index (κ2) is 11.5. The van der Waals surface area contributed by atoms with Crippen molar-refractivity contribution < 1.29 is 24.1 Å². The van der Waals surface area contributed by atoms with E-state index < -0.39 is 6.10 Å². The Bertz CT molecular complexity index is 657. The Balaban J connectivity index is 1.41. The fourth-order valence-corrected chi connectivity index (χ4v) is 4.32. The van der Waals surface area contributed by atoms with Crippen molar-refractivity contribution in [3.63, 3.8) is 0 Å². The van der Waals surface area contributed by atoms with Gasteiger partial charge in [0.1, 0.15) is 19.3 Å². The van der Waals surface area contributed by atoms with Crippen LogP contribution in [-0.4, -0.2) is 98.2 Å². The van der Waals surface area contributed by atoms with Crippen LogP contribution in [0.4, 0.5) is 4.79 Å². The standard InChI is InChI=1S/C20H31N3O5S/c1-26-19-12-16(13-21-4-5-23-6-9-27-20(23)25)2-3-18(19)28-15-17(24)14-22-7-10-29-11-8-22/h2-3,12,17,21,24H,4-11,13-15H2,1H3. The zero-order valence-electron chi connectivity index (χ0n) is 17.0. The molecule has 2 heterocycles. The maximum Gasteiger partial charge on any atom is 0.409 e. The summed E-state index contributed by atoms with van der Waals surface area (Å²) in [6.07, 6.45) is -0.766. The van der Waals surface area contributed by atoms with Crippen molar-refractivity contribution in [2.45, 2.75) is 12.6 Å². The molecule has 1 unspecified atom stereocenters. The number of methoxy groups -OCH3 is 1. The highest BCUT2D eigenvalue weighted by Crippen LogP contribution is 2.28. The van der Waals surface area contributed by atoms with Gasteiger partial charge in [-0.05, 0) is 17.7 Å². The fourth-order valence-electron chi connectivity index (χ4n) is 3.34. The summed E-state index contributed by atoms with van der Waals surface area (Å²) in [4.78, 5) is 15.4. The van der Waals surface area contributed by atoms with Gasteiger partial charge >= 0.3 is 6.09 Å². The van der Waals surface area contributed by atoms with Crippen LogP contribution < -0.4 is 14.8 Å². The zero-order valence-corrected chi connectivity index (χ0v) is 17.8. The van der Waals surface area contributed by atoms with E-state index in [0.717, 1.165) is 30.2 Å². The molecule has 0 bridgehead atoms. The lowest BCUT2D eigenvalue weighted by atomic mass is 10.2. The van der Waals surface area contributed by atoms with Gasteiger partial charge in [-0.3, -0.25) is 4.90 Å². The lowest BCUT2D eigenvalue weighted by molar-refractivity contribution is 0.0705. The number of amides is 1. The van der Waals surface area contributed by atoms with Crippen molar-refractivity contribution in [1.82, 2.24) is 15.1 Å². The molecule has 2 N–H and O–H groups in total. The van der Waals surface area contributed by atoms with Crippen molar-refractivity contribution in [2.75, 3.05) is 71.1 Å². The molecule has 1 aromatic rings. The number of β-amino-alcohol motifs (C(OH)–C–C–N with tert-alkyl or cyclic N) is 1. The van der Waals surface area contributed by atoms with Crippen molar-refractivity contribution >= 4 is 17.9 Å². The molecule has 2 saturated heterocycles. The molecule has 3 rings (SSSR count). The Morgan fingerprint density at radius 2 is 2.10 bits per heavy atom. The number of cyclic esters (lactones) is 1. The summed E-state index contributed by atoms with van der Waals surface area (Å²) in [5.74, 6) is 3.52. The topological polar surface area (TPSA) is 83.5 Å². The van der Waals surface area contributed by atoms with Crippen LogP contribution in [0.1, 0.15) is 5.56 Å². The minimum atomic E-state index is -0.526. The van der Waals surface area contributed by atoms with E-state index in [4.69, 9.17) is 14.2 Å². The first kappa shape index (κ1) is 22.0. The molecular weight excluding hydrogens is 394 g/mol. The van der Waals surface area contributed by atoms with E-state index in [0.29, 0.717) is 50.8 Å². The molecule has 0 saturated carbocycles. The zero-order chi connectivity index (χ0) is 20.5. The first-order valence-corrected chi connectivity index (χ1v) is 11.2. The van der Waals surface area contributed by atoms with Gasteiger partial charge in [0, 0.05) is 50.8 Å². The first-order chi connectivity index (χ1) is 14.2. The Morgan fingerprint density at radius 3 is 2.83 bits per heavy atom. The summed E-state index contributed by atoms with van der Waals surface area (Å²) in [7, 11) is 1.61. The van der Waals surface area contributed by atoms with Gasteiger partial charge in [-0.25, -0.2) is 4.79 Å². The molecule has 2 fully saturated rings. The number of rotatable bonds is 11. The minimum absolute atomic E-state index is 0.240. The number of aliphatic hydroxyl groups is 1. The number of hydrogen-bond acceptors (Lipinski definition) is 8. The molecule has 0 spiro atoms. The van der Waals surface area contributed by atoms with Crippen LogP contribution in [0.25, 0.3) is 0 Å². The molecular formula is C20H31N3O5S. The number of benzene rings is 1. The van der Waals surface area contributed by atoms with Crippen LogP contribution in [0.5, 0.6) is 11.5 Å². The Kier molecular flexibility index (Phi) is 8.72. The second-order valence-electron chi connectivity index (χ2n) is 7.14. The molecule has 9 heteroatoms. The van der Waals surface area contributed by atoms with Gasteiger partial charge in [-0.15, -0.1) is 0 Å². The molecule has 1 atom stereocenters. The van der Waals surface area contributed by atoms with E-state index in [1.807, 2.05) is 30.0 Å². The molecule has 8 nitrogen and oxygen atoms in total. The number of aliphatic hydroxyl groups excluding tert-OH is 1. The summed E-state index contributed by atoms with van der Waals surface area (Å²) >= 11 is 1.96. The quantitative estimate of drug-likeness (QED) is 0.509. The number of thioether (sulfide) groups is 1. The van der Waals surface area contributed by atoms with Crippen LogP contribution in [0.2, 0.25) is 0 Å². The highest BCUT2D eigenvalue weighted by atomic mass is 32.2. The Hall–Kier alpha value is -1.68. The van der Waals surface area contributed by atoms with Gasteiger partial charge in [-0.2, -0.15) is 11.8 Å².